The number of carbonyl (C=O) groups is 1. The zero-order valence-corrected chi connectivity index (χ0v) is 11.8. The monoisotopic (exact) mass is 301 g/mol. The summed E-state index contributed by atoms with van der Waals surface area (Å²) in [6.07, 6.45) is 0.671. The van der Waals surface area contributed by atoms with Crippen molar-refractivity contribution in [1.82, 2.24) is 10.0 Å². The number of hydrogen-bond donors (Lipinski definition) is 3. The summed E-state index contributed by atoms with van der Waals surface area (Å²) in [5.74, 6) is -1.25. The highest BCUT2D eigenvalue weighted by Gasteiger charge is 2.25. The van der Waals surface area contributed by atoms with Crippen LogP contribution >= 0.6 is 0 Å². The highest BCUT2D eigenvalue weighted by atomic mass is 32.2. The maximum atomic E-state index is 13.9. The molecule has 6 nitrogen and oxygen atoms in total. The van der Waals surface area contributed by atoms with Gasteiger partial charge in [-0.2, -0.15) is 0 Å². The smallest absolute Gasteiger partial charge is 0.243 e. The number of rotatable bonds is 4. The van der Waals surface area contributed by atoms with E-state index in [1.807, 2.05) is 0 Å². The van der Waals surface area contributed by atoms with Crippen LogP contribution in [0, 0.1) is 5.82 Å². The van der Waals surface area contributed by atoms with Crippen LogP contribution in [-0.4, -0.2) is 33.5 Å². The zero-order valence-electron chi connectivity index (χ0n) is 10.9. The first-order chi connectivity index (χ1) is 9.38. The Bertz CT molecular complexity index is 612. The van der Waals surface area contributed by atoms with Crippen LogP contribution in [0.25, 0.3) is 0 Å². The molecule has 110 valence electrons. The Morgan fingerprint density at radius 2 is 2.20 bits per heavy atom. The number of halogens is 1. The third-order valence-electron chi connectivity index (χ3n) is 2.92. The summed E-state index contributed by atoms with van der Waals surface area (Å²) in [5.41, 5.74) is 0.219. The lowest BCUT2D eigenvalue weighted by Crippen LogP contribution is -2.36. The molecule has 1 aliphatic heterocycles. The van der Waals surface area contributed by atoms with Crippen molar-refractivity contribution < 1.29 is 17.6 Å². The van der Waals surface area contributed by atoms with Crippen LogP contribution in [-0.2, 0) is 14.8 Å². The molecular weight excluding hydrogens is 285 g/mol. The third kappa shape index (κ3) is 3.53. The van der Waals surface area contributed by atoms with Gasteiger partial charge in [0.2, 0.25) is 15.9 Å². The van der Waals surface area contributed by atoms with E-state index in [1.54, 1.807) is 0 Å². The molecule has 3 N–H and O–H groups in total. The molecule has 0 aliphatic carbocycles. The van der Waals surface area contributed by atoms with Gasteiger partial charge in [0.25, 0.3) is 0 Å². The zero-order chi connectivity index (χ0) is 14.8. The Morgan fingerprint density at radius 3 is 2.75 bits per heavy atom. The van der Waals surface area contributed by atoms with Gasteiger partial charge in [-0.3, -0.25) is 4.79 Å². The summed E-state index contributed by atoms with van der Waals surface area (Å²) in [6.45, 7) is 2.55. The van der Waals surface area contributed by atoms with Crippen molar-refractivity contribution in [1.29, 1.82) is 0 Å². The highest BCUT2D eigenvalue weighted by Crippen LogP contribution is 2.19. The summed E-state index contributed by atoms with van der Waals surface area (Å²) in [6, 6.07) is 3.26. The minimum absolute atomic E-state index is 0.219. The van der Waals surface area contributed by atoms with Crippen molar-refractivity contribution in [3.05, 3.63) is 24.0 Å². The first kappa shape index (κ1) is 14.9. The van der Waals surface area contributed by atoms with E-state index >= 15 is 0 Å². The molecule has 0 aromatic heterocycles. The lowest BCUT2D eigenvalue weighted by Gasteiger charge is -2.13. The fourth-order valence-electron chi connectivity index (χ4n) is 2.04. The molecule has 1 fully saturated rings. The predicted octanol–water partition coefficient (Wildman–Crippen LogP) is 0.424. The molecule has 0 saturated carbocycles. The number of benzene rings is 1. The second-order valence-electron chi connectivity index (χ2n) is 4.64. The Hall–Kier alpha value is -1.51. The van der Waals surface area contributed by atoms with Gasteiger partial charge in [-0.1, -0.05) is 0 Å². The maximum Gasteiger partial charge on any atom is 0.243 e. The molecule has 1 amide bonds. The molecule has 1 saturated heterocycles. The van der Waals surface area contributed by atoms with Crippen molar-refractivity contribution in [3.8, 4) is 0 Å². The molecule has 1 atom stereocenters. The van der Waals surface area contributed by atoms with E-state index in [1.165, 1.54) is 13.0 Å². The first-order valence-electron chi connectivity index (χ1n) is 6.19. The van der Waals surface area contributed by atoms with E-state index in [2.05, 4.69) is 15.4 Å². The normalized spacial score (nSPS) is 19.0. The van der Waals surface area contributed by atoms with E-state index in [-0.39, 0.29) is 17.6 Å². The van der Waals surface area contributed by atoms with Gasteiger partial charge >= 0.3 is 0 Å². The quantitative estimate of drug-likeness (QED) is 0.752. The van der Waals surface area contributed by atoms with E-state index in [9.17, 15) is 17.6 Å². The van der Waals surface area contributed by atoms with Gasteiger partial charge in [0.05, 0.1) is 0 Å². The fourth-order valence-corrected chi connectivity index (χ4v) is 3.37. The molecule has 0 unspecified atom stereocenters. The molecule has 1 heterocycles. The van der Waals surface area contributed by atoms with Gasteiger partial charge in [-0.15, -0.1) is 0 Å². The van der Waals surface area contributed by atoms with Crippen LogP contribution < -0.4 is 15.4 Å². The van der Waals surface area contributed by atoms with E-state index < -0.39 is 20.7 Å². The second kappa shape index (κ2) is 5.86. The summed E-state index contributed by atoms with van der Waals surface area (Å²) >= 11 is 0. The van der Waals surface area contributed by atoms with Crippen LogP contribution in [0.1, 0.15) is 13.3 Å². The van der Waals surface area contributed by atoms with Gasteiger partial charge in [0.1, 0.15) is 10.7 Å². The number of anilines is 1. The van der Waals surface area contributed by atoms with Gasteiger partial charge in [-0.25, -0.2) is 17.5 Å². The predicted molar refractivity (Wildman–Crippen MR) is 72.3 cm³/mol. The fraction of sp³-hybridized carbons (Fsp3) is 0.417. The van der Waals surface area contributed by atoms with E-state index in [4.69, 9.17) is 0 Å². The number of sulfonamides is 1. The number of amides is 1. The van der Waals surface area contributed by atoms with Crippen molar-refractivity contribution in [2.45, 2.75) is 24.3 Å². The molecule has 1 aromatic rings. The summed E-state index contributed by atoms with van der Waals surface area (Å²) < 4.78 is 40.5. The van der Waals surface area contributed by atoms with Gasteiger partial charge in [-0.05, 0) is 31.2 Å². The van der Waals surface area contributed by atoms with Gasteiger partial charge in [0.15, 0.2) is 0 Å². The van der Waals surface area contributed by atoms with Crippen molar-refractivity contribution in [2.75, 3.05) is 18.4 Å². The summed E-state index contributed by atoms with van der Waals surface area (Å²) in [5, 5.41) is 5.42. The SMILES string of the molecule is CC(=O)Nc1ccc(S(=O)(=O)N[C@H]2CCNC2)c(F)c1. The Balaban J connectivity index is 2.20. The van der Waals surface area contributed by atoms with Gasteiger partial charge < -0.3 is 10.6 Å². The average Bonchev–Trinajstić information content (AvgIpc) is 2.79. The number of hydrogen-bond acceptors (Lipinski definition) is 4. The summed E-state index contributed by atoms with van der Waals surface area (Å²) in [7, 11) is -3.90. The molecule has 1 aliphatic rings. The van der Waals surface area contributed by atoms with Crippen molar-refractivity contribution >= 4 is 21.6 Å². The number of carbonyl (C=O) groups excluding carboxylic acids is 1. The molecule has 0 spiro atoms. The molecule has 8 heteroatoms. The standard InChI is InChI=1S/C12H16FN3O3S/c1-8(17)15-9-2-3-12(11(13)6-9)20(18,19)16-10-4-5-14-7-10/h2-3,6,10,14,16H,4-5,7H2,1H3,(H,15,17)/t10-/m0/s1. The van der Waals surface area contributed by atoms with Crippen molar-refractivity contribution in [3.63, 3.8) is 0 Å². The minimum Gasteiger partial charge on any atom is -0.326 e. The van der Waals surface area contributed by atoms with Crippen LogP contribution in [0.5, 0.6) is 0 Å². The molecule has 0 radical (unpaired) electrons. The molecule has 2 rings (SSSR count). The Kier molecular flexibility index (Phi) is 4.36. The topological polar surface area (TPSA) is 87.3 Å². The molecular formula is C12H16FN3O3S. The van der Waals surface area contributed by atoms with Crippen LogP contribution in [0.15, 0.2) is 23.1 Å². The molecule has 20 heavy (non-hydrogen) atoms. The lowest BCUT2D eigenvalue weighted by molar-refractivity contribution is -0.114. The minimum atomic E-state index is -3.90. The Labute approximate surface area is 116 Å². The molecule has 0 bridgehead atoms. The van der Waals surface area contributed by atoms with Crippen LogP contribution in [0.3, 0.4) is 0 Å². The van der Waals surface area contributed by atoms with E-state index in [0.717, 1.165) is 18.7 Å². The van der Waals surface area contributed by atoms with Gasteiger partial charge in [0, 0.05) is 25.2 Å². The van der Waals surface area contributed by atoms with Crippen LogP contribution in [0.4, 0.5) is 10.1 Å². The third-order valence-corrected chi connectivity index (χ3v) is 4.48. The lowest BCUT2D eigenvalue weighted by atomic mass is 10.3. The summed E-state index contributed by atoms with van der Waals surface area (Å²) in [4.78, 5) is 10.4. The van der Waals surface area contributed by atoms with Crippen molar-refractivity contribution in [2.24, 2.45) is 0 Å². The first-order valence-corrected chi connectivity index (χ1v) is 7.67. The van der Waals surface area contributed by atoms with Crippen LogP contribution in [0.2, 0.25) is 0 Å². The maximum absolute atomic E-state index is 13.9. The number of nitrogens with one attached hydrogen (secondary N) is 3. The average molecular weight is 301 g/mol. The highest BCUT2D eigenvalue weighted by molar-refractivity contribution is 7.89. The molecule has 1 aromatic carbocycles. The largest absolute Gasteiger partial charge is 0.326 e. The second-order valence-corrected chi connectivity index (χ2v) is 6.32. The Morgan fingerprint density at radius 1 is 1.45 bits per heavy atom. The van der Waals surface area contributed by atoms with E-state index in [0.29, 0.717) is 13.0 Å².